The molecule has 2 heterocycles. The van der Waals surface area contributed by atoms with E-state index in [1.54, 1.807) is 38.5 Å². The van der Waals surface area contributed by atoms with Gasteiger partial charge in [-0.05, 0) is 41.6 Å². The lowest BCUT2D eigenvalue weighted by molar-refractivity contribution is 0.0995. The molecule has 11 heteroatoms. The molecular formula is C23H23N5O6. The Morgan fingerprint density at radius 2 is 1.71 bits per heavy atom. The summed E-state index contributed by atoms with van der Waals surface area (Å²) in [6.45, 7) is 0. The zero-order valence-corrected chi connectivity index (χ0v) is 19.0. The molecule has 11 nitrogen and oxygen atoms in total. The number of hydrogen-bond donors (Lipinski definition) is 2. The van der Waals surface area contributed by atoms with Crippen LogP contribution in [-0.2, 0) is 6.42 Å². The average molecular weight is 465 g/mol. The van der Waals surface area contributed by atoms with E-state index < -0.39 is 5.91 Å². The summed E-state index contributed by atoms with van der Waals surface area (Å²) in [5.74, 6) is 2.81. The topological polar surface area (TPSA) is 134 Å². The van der Waals surface area contributed by atoms with Gasteiger partial charge in [-0.15, -0.1) is 10.2 Å². The van der Waals surface area contributed by atoms with Gasteiger partial charge in [0.15, 0.2) is 17.3 Å². The Balaban J connectivity index is 1.59. The van der Waals surface area contributed by atoms with Crippen LogP contribution in [0.4, 0.5) is 5.69 Å². The predicted molar refractivity (Wildman–Crippen MR) is 122 cm³/mol. The SMILES string of the molecule is COc1ccc(OC)c(Cc2ccc(C(=O)Nc3cc(OC)c(OC)cc3-c3nn[nH]n3)o2)c1. The lowest BCUT2D eigenvalue weighted by Crippen LogP contribution is -2.12. The second kappa shape index (κ2) is 9.94. The standard InChI is InChI=1S/C23H23N5O6/c1-30-14-5-7-18(31-2)13(9-14)10-15-6-8-19(34-15)23(29)24-17-12-21(33-4)20(32-3)11-16(17)22-25-27-28-26-22/h5-9,11-12H,10H2,1-4H3,(H,24,29)(H,25,26,27,28). The number of benzene rings is 2. The first-order chi connectivity index (χ1) is 16.6. The van der Waals surface area contributed by atoms with Crippen LogP contribution in [0.3, 0.4) is 0 Å². The number of nitrogens with one attached hydrogen (secondary N) is 2. The number of rotatable bonds is 9. The molecule has 2 N–H and O–H groups in total. The van der Waals surface area contributed by atoms with E-state index in [-0.39, 0.29) is 11.6 Å². The van der Waals surface area contributed by atoms with E-state index in [9.17, 15) is 4.79 Å². The molecule has 0 bridgehead atoms. The number of H-pyrrole nitrogens is 1. The quantitative estimate of drug-likeness (QED) is 0.382. The summed E-state index contributed by atoms with van der Waals surface area (Å²) in [6, 6.07) is 12.1. The molecule has 4 aromatic rings. The zero-order chi connectivity index (χ0) is 24.1. The number of anilines is 1. The molecule has 0 fully saturated rings. The second-order valence-corrected chi connectivity index (χ2v) is 7.06. The van der Waals surface area contributed by atoms with Crippen LogP contribution in [-0.4, -0.2) is 55.0 Å². The third kappa shape index (κ3) is 4.63. The van der Waals surface area contributed by atoms with Crippen LogP contribution in [0.25, 0.3) is 11.4 Å². The summed E-state index contributed by atoms with van der Waals surface area (Å²) >= 11 is 0. The molecule has 34 heavy (non-hydrogen) atoms. The number of aromatic nitrogens is 4. The van der Waals surface area contributed by atoms with Crippen molar-refractivity contribution in [3.05, 3.63) is 59.5 Å². The van der Waals surface area contributed by atoms with E-state index in [0.717, 1.165) is 5.56 Å². The smallest absolute Gasteiger partial charge is 0.291 e. The Labute approximate surface area is 195 Å². The number of furan rings is 1. The van der Waals surface area contributed by atoms with Gasteiger partial charge < -0.3 is 28.7 Å². The minimum Gasteiger partial charge on any atom is -0.497 e. The fourth-order valence-corrected chi connectivity index (χ4v) is 3.43. The molecule has 0 aliphatic carbocycles. The van der Waals surface area contributed by atoms with Crippen LogP contribution in [0.15, 0.2) is 46.9 Å². The Bertz CT molecular complexity index is 1290. The number of ether oxygens (including phenoxy) is 4. The van der Waals surface area contributed by atoms with Gasteiger partial charge in [0.25, 0.3) is 5.91 Å². The largest absolute Gasteiger partial charge is 0.497 e. The lowest BCUT2D eigenvalue weighted by Gasteiger charge is -2.13. The molecule has 176 valence electrons. The number of hydrogen-bond acceptors (Lipinski definition) is 9. The fraction of sp³-hybridized carbons (Fsp3) is 0.217. The second-order valence-electron chi connectivity index (χ2n) is 7.06. The number of aromatic amines is 1. The van der Waals surface area contributed by atoms with E-state index in [2.05, 4.69) is 25.9 Å². The molecule has 1 amide bonds. The predicted octanol–water partition coefficient (Wildman–Crippen LogP) is 3.34. The molecule has 0 atom stereocenters. The number of carbonyl (C=O) groups excluding carboxylic acids is 1. The van der Waals surface area contributed by atoms with Crippen LogP contribution >= 0.6 is 0 Å². The molecule has 0 unspecified atom stereocenters. The monoisotopic (exact) mass is 465 g/mol. The van der Waals surface area contributed by atoms with Gasteiger partial charge in [0.05, 0.1) is 39.7 Å². The van der Waals surface area contributed by atoms with Gasteiger partial charge in [-0.25, -0.2) is 0 Å². The summed E-state index contributed by atoms with van der Waals surface area (Å²) in [7, 11) is 6.20. The zero-order valence-electron chi connectivity index (χ0n) is 19.0. The molecule has 2 aromatic carbocycles. The summed E-state index contributed by atoms with van der Waals surface area (Å²) in [4.78, 5) is 13.0. The van der Waals surface area contributed by atoms with Crippen molar-refractivity contribution < 1.29 is 28.2 Å². The number of nitrogens with zero attached hydrogens (tertiary/aromatic N) is 3. The molecule has 0 aliphatic heterocycles. The van der Waals surface area contributed by atoms with E-state index in [4.69, 9.17) is 23.4 Å². The highest BCUT2D eigenvalue weighted by molar-refractivity contribution is 6.04. The highest BCUT2D eigenvalue weighted by Crippen LogP contribution is 2.37. The Morgan fingerprint density at radius 1 is 0.941 bits per heavy atom. The van der Waals surface area contributed by atoms with Crippen LogP contribution in [0, 0.1) is 0 Å². The van der Waals surface area contributed by atoms with Crippen LogP contribution in [0.2, 0.25) is 0 Å². The van der Waals surface area contributed by atoms with Crippen LogP contribution in [0.5, 0.6) is 23.0 Å². The summed E-state index contributed by atoms with van der Waals surface area (Å²) in [6.07, 6.45) is 0.415. The molecule has 2 aromatic heterocycles. The molecular weight excluding hydrogens is 442 g/mol. The third-order valence-corrected chi connectivity index (χ3v) is 5.10. The maximum Gasteiger partial charge on any atom is 0.291 e. The van der Waals surface area contributed by atoms with Crippen molar-refractivity contribution in [1.82, 2.24) is 20.6 Å². The van der Waals surface area contributed by atoms with E-state index >= 15 is 0 Å². The van der Waals surface area contributed by atoms with E-state index in [1.807, 2.05) is 18.2 Å². The number of amides is 1. The van der Waals surface area contributed by atoms with Crippen molar-refractivity contribution in [2.45, 2.75) is 6.42 Å². The molecule has 0 spiro atoms. The van der Waals surface area contributed by atoms with Crippen LogP contribution in [0.1, 0.15) is 21.9 Å². The highest BCUT2D eigenvalue weighted by Gasteiger charge is 2.20. The van der Waals surface area contributed by atoms with Crippen molar-refractivity contribution in [2.75, 3.05) is 33.8 Å². The van der Waals surface area contributed by atoms with Gasteiger partial charge in [0.2, 0.25) is 5.82 Å². The normalized spacial score (nSPS) is 10.6. The van der Waals surface area contributed by atoms with Crippen molar-refractivity contribution in [1.29, 1.82) is 0 Å². The minimum absolute atomic E-state index is 0.130. The van der Waals surface area contributed by atoms with Gasteiger partial charge >= 0.3 is 0 Å². The first kappa shape index (κ1) is 22.6. The molecule has 0 aliphatic rings. The van der Waals surface area contributed by atoms with E-state index in [1.165, 1.54) is 14.2 Å². The summed E-state index contributed by atoms with van der Waals surface area (Å²) in [5.41, 5.74) is 1.76. The van der Waals surface area contributed by atoms with Gasteiger partial charge in [0, 0.05) is 18.1 Å². The Kier molecular flexibility index (Phi) is 6.62. The van der Waals surface area contributed by atoms with Crippen molar-refractivity contribution in [3.8, 4) is 34.4 Å². The number of tetrazole rings is 1. The Hall–Kier alpha value is -4.54. The number of methoxy groups -OCH3 is 4. The fourth-order valence-electron chi connectivity index (χ4n) is 3.43. The lowest BCUT2D eigenvalue weighted by atomic mass is 10.1. The van der Waals surface area contributed by atoms with Crippen molar-refractivity contribution >= 4 is 11.6 Å². The molecule has 4 rings (SSSR count). The summed E-state index contributed by atoms with van der Waals surface area (Å²) < 4.78 is 27.2. The summed E-state index contributed by atoms with van der Waals surface area (Å²) in [5, 5.41) is 16.8. The Morgan fingerprint density at radius 3 is 2.38 bits per heavy atom. The highest BCUT2D eigenvalue weighted by atomic mass is 16.5. The van der Waals surface area contributed by atoms with Crippen molar-refractivity contribution in [2.24, 2.45) is 0 Å². The van der Waals surface area contributed by atoms with Crippen LogP contribution < -0.4 is 24.3 Å². The average Bonchev–Trinajstić information content (AvgIpc) is 3.56. The molecule has 0 saturated carbocycles. The van der Waals surface area contributed by atoms with Crippen molar-refractivity contribution in [3.63, 3.8) is 0 Å². The molecule has 0 radical (unpaired) electrons. The maximum absolute atomic E-state index is 13.0. The van der Waals surface area contributed by atoms with E-state index in [0.29, 0.717) is 46.4 Å². The van der Waals surface area contributed by atoms with Gasteiger partial charge in [-0.1, -0.05) is 0 Å². The first-order valence-corrected chi connectivity index (χ1v) is 10.2. The minimum atomic E-state index is -0.458. The molecule has 0 saturated heterocycles. The van der Waals surface area contributed by atoms with Gasteiger partial charge in [-0.3, -0.25) is 4.79 Å². The third-order valence-electron chi connectivity index (χ3n) is 5.10. The first-order valence-electron chi connectivity index (χ1n) is 10.2. The van der Waals surface area contributed by atoms with Gasteiger partial charge in [0.1, 0.15) is 17.3 Å². The van der Waals surface area contributed by atoms with Gasteiger partial charge in [-0.2, -0.15) is 5.21 Å². The maximum atomic E-state index is 13.0. The number of carbonyl (C=O) groups is 1.